The van der Waals surface area contributed by atoms with Crippen LogP contribution >= 0.6 is 0 Å². The summed E-state index contributed by atoms with van der Waals surface area (Å²) in [7, 11) is 0. The van der Waals surface area contributed by atoms with Gasteiger partial charge in [-0.15, -0.1) is 0 Å². The van der Waals surface area contributed by atoms with Crippen LogP contribution < -0.4 is 5.32 Å². The summed E-state index contributed by atoms with van der Waals surface area (Å²) in [5, 5.41) is 3.13. The van der Waals surface area contributed by atoms with Crippen LogP contribution in [0.1, 0.15) is 51.5 Å². The number of ketones is 2. The molecule has 0 unspecified atom stereocenters. The summed E-state index contributed by atoms with van der Waals surface area (Å²) >= 11 is 0. The van der Waals surface area contributed by atoms with Crippen LogP contribution in [0.3, 0.4) is 0 Å². The number of Topliss-reactive ketones (excluding diaryl/α,β-unsaturated/α-hetero) is 2. The summed E-state index contributed by atoms with van der Waals surface area (Å²) in [5.74, 6) is 0.211. The third-order valence-electron chi connectivity index (χ3n) is 3.56. The maximum atomic E-state index is 12.4. The number of hydrogen-bond acceptors (Lipinski definition) is 4. The normalized spacial score (nSPS) is 12.2. The van der Waals surface area contributed by atoms with Crippen molar-refractivity contribution < 1.29 is 9.59 Å². The van der Waals surface area contributed by atoms with Crippen LogP contribution in [0.2, 0.25) is 0 Å². The predicted octanol–water partition coefficient (Wildman–Crippen LogP) is 2.89. The van der Waals surface area contributed by atoms with E-state index in [2.05, 4.69) is 10.3 Å². The second-order valence-corrected chi connectivity index (χ2v) is 7.03. The number of aromatic nitrogens is 1. The van der Waals surface area contributed by atoms with Crippen LogP contribution in [0.5, 0.6) is 0 Å². The number of carbonyl (C=O) groups excluding carboxylic acids is 2. The predicted molar refractivity (Wildman–Crippen MR) is 84.3 cm³/mol. The molecule has 0 aromatic carbocycles. The maximum Gasteiger partial charge on any atom is 0.186 e. The molecule has 1 aromatic rings. The molecule has 0 aliphatic heterocycles. The van der Waals surface area contributed by atoms with E-state index in [0.717, 1.165) is 0 Å². The van der Waals surface area contributed by atoms with E-state index in [-0.39, 0.29) is 17.0 Å². The van der Waals surface area contributed by atoms with Gasteiger partial charge < -0.3 is 5.32 Å². The van der Waals surface area contributed by atoms with Gasteiger partial charge in [0, 0.05) is 17.0 Å². The molecular formula is C17H26N2O2. The molecule has 1 aromatic heterocycles. The van der Waals surface area contributed by atoms with Gasteiger partial charge in [0.15, 0.2) is 11.6 Å². The van der Waals surface area contributed by atoms with E-state index < -0.39 is 5.41 Å². The van der Waals surface area contributed by atoms with Crippen molar-refractivity contribution >= 4 is 11.6 Å². The van der Waals surface area contributed by atoms with Crippen molar-refractivity contribution in [3.05, 3.63) is 30.1 Å². The van der Waals surface area contributed by atoms with E-state index in [0.29, 0.717) is 25.2 Å². The summed E-state index contributed by atoms with van der Waals surface area (Å²) in [5.41, 5.74) is -0.327. The Balaban J connectivity index is 2.47. The molecule has 0 fully saturated rings. The fourth-order valence-electron chi connectivity index (χ4n) is 1.83. The largest absolute Gasteiger partial charge is 0.310 e. The molecule has 0 radical (unpaired) electrons. The van der Waals surface area contributed by atoms with Gasteiger partial charge in [0.05, 0.1) is 6.54 Å². The van der Waals surface area contributed by atoms with E-state index >= 15 is 0 Å². The van der Waals surface area contributed by atoms with Gasteiger partial charge in [-0.3, -0.25) is 14.6 Å². The summed E-state index contributed by atoms with van der Waals surface area (Å²) in [6, 6.07) is 5.35. The number of pyridine rings is 1. The summed E-state index contributed by atoms with van der Waals surface area (Å²) < 4.78 is 0. The first kappa shape index (κ1) is 17.5. The summed E-state index contributed by atoms with van der Waals surface area (Å²) in [6.07, 6.45) is 2.30. The molecule has 1 heterocycles. The Kier molecular flexibility index (Phi) is 5.78. The Labute approximate surface area is 127 Å². The van der Waals surface area contributed by atoms with Crippen LogP contribution in [-0.2, 0) is 4.79 Å². The Morgan fingerprint density at radius 3 is 2.33 bits per heavy atom. The zero-order chi connectivity index (χ0) is 16.1. The molecule has 4 nitrogen and oxygen atoms in total. The fourth-order valence-corrected chi connectivity index (χ4v) is 1.83. The highest BCUT2D eigenvalue weighted by Crippen LogP contribution is 2.24. The van der Waals surface area contributed by atoms with Gasteiger partial charge in [-0.1, -0.05) is 40.7 Å². The zero-order valence-corrected chi connectivity index (χ0v) is 13.7. The Morgan fingerprint density at radius 2 is 1.81 bits per heavy atom. The SMILES string of the molecule is CC(C)(C)C(=O)CNCCC(C)(C)C(=O)c1ccccn1. The quantitative estimate of drug-likeness (QED) is 0.619. The molecule has 0 atom stereocenters. The molecule has 0 spiro atoms. The summed E-state index contributed by atoms with van der Waals surface area (Å²) in [6.45, 7) is 10.5. The van der Waals surface area contributed by atoms with Crippen molar-refractivity contribution in [2.75, 3.05) is 13.1 Å². The molecule has 0 aliphatic rings. The first-order valence-corrected chi connectivity index (χ1v) is 7.34. The molecule has 21 heavy (non-hydrogen) atoms. The molecule has 116 valence electrons. The van der Waals surface area contributed by atoms with Crippen LogP contribution in [-0.4, -0.2) is 29.6 Å². The monoisotopic (exact) mass is 290 g/mol. The van der Waals surface area contributed by atoms with Crippen molar-refractivity contribution in [2.24, 2.45) is 10.8 Å². The zero-order valence-electron chi connectivity index (χ0n) is 13.7. The molecule has 0 bridgehead atoms. The minimum Gasteiger partial charge on any atom is -0.310 e. The molecular weight excluding hydrogens is 264 g/mol. The highest BCUT2D eigenvalue weighted by Gasteiger charge is 2.29. The highest BCUT2D eigenvalue weighted by atomic mass is 16.1. The number of carbonyl (C=O) groups is 2. The van der Waals surface area contributed by atoms with Gasteiger partial charge in [-0.25, -0.2) is 0 Å². The maximum absolute atomic E-state index is 12.4. The second kappa shape index (κ2) is 6.94. The van der Waals surface area contributed by atoms with Gasteiger partial charge in [-0.2, -0.15) is 0 Å². The Morgan fingerprint density at radius 1 is 1.14 bits per heavy atom. The molecule has 0 amide bonds. The lowest BCUT2D eigenvalue weighted by atomic mass is 9.83. The van der Waals surface area contributed by atoms with E-state index in [1.165, 1.54) is 0 Å². The smallest absolute Gasteiger partial charge is 0.186 e. The average molecular weight is 290 g/mol. The minimum absolute atomic E-state index is 0.0343. The van der Waals surface area contributed by atoms with Crippen LogP contribution in [0.4, 0.5) is 0 Å². The standard InChI is InChI=1S/C17H26N2O2/c1-16(2,3)14(20)12-18-11-9-17(4,5)15(21)13-8-6-7-10-19-13/h6-8,10,18H,9,11-12H2,1-5H3. The van der Waals surface area contributed by atoms with Crippen LogP contribution in [0, 0.1) is 10.8 Å². The number of nitrogens with one attached hydrogen (secondary N) is 1. The fraction of sp³-hybridized carbons (Fsp3) is 0.588. The van der Waals surface area contributed by atoms with Crippen molar-refractivity contribution in [1.82, 2.24) is 10.3 Å². The first-order valence-electron chi connectivity index (χ1n) is 7.34. The highest BCUT2D eigenvalue weighted by molar-refractivity contribution is 5.98. The average Bonchev–Trinajstić information content (AvgIpc) is 2.42. The van der Waals surface area contributed by atoms with E-state index in [1.807, 2.05) is 40.7 Å². The number of hydrogen-bond donors (Lipinski definition) is 1. The van der Waals surface area contributed by atoms with Crippen molar-refractivity contribution in [1.29, 1.82) is 0 Å². The molecule has 1 rings (SSSR count). The van der Waals surface area contributed by atoms with Gasteiger partial charge in [0.25, 0.3) is 0 Å². The Hall–Kier alpha value is -1.55. The van der Waals surface area contributed by atoms with Crippen molar-refractivity contribution in [3.8, 4) is 0 Å². The topological polar surface area (TPSA) is 59.1 Å². The van der Waals surface area contributed by atoms with Gasteiger partial charge >= 0.3 is 0 Å². The van der Waals surface area contributed by atoms with Crippen LogP contribution in [0.15, 0.2) is 24.4 Å². The third kappa shape index (κ3) is 5.38. The molecule has 4 heteroatoms. The Bertz CT molecular complexity index is 487. The van der Waals surface area contributed by atoms with Crippen molar-refractivity contribution in [2.45, 2.75) is 41.0 Å². The number of nitrogens with zero attached hydrogens (tertiary/aromatic N) is 1. The molecule has 0 saturated heterocycles. The van der Waals surface area contributed by atoms with E-state index in [1.54, 1.807) is 18.3 Å². The van der Waals surface area contributed by atoms with Crippen molar-refractivity contribution in [3.63, 3.8) is 0 Å². The molecule has 0 aliphatic carbocycles. The first-order chi connectivity index (χ1) is 9.64. The van der Waals surface area contributed by atoms with Gasteiger partial charge in [0.1, 0.15) is 5.69 Å². The molecule has 0 saturated carbocycles. The third-order valence-corrected chi connectivity index (χ3v) is 3.56. The minimum atomic E-state index is -0.494. The second-order valence-electron chi connectivity index (χ2n) is 7.03. The van der Waals surface area contributed by atoms with E-state index in [9.17, 15) is 9.59 Å². The molecule has 1 N–H and O–H groups in total. The van der Waals surface area contributed by atoms with Gasteiger partial charge in [0.2, 0.25) is 0 Å². The van der Waals surface area contributed by atoms with Crippen LogP contribution in [0.25, 0.3) is 0 Å². The summed E-state index contributed by atoms with van der Waals surface area (Å²) in [4.78, 5) is 28.3. The van der Waals surface area contributed by atoms with E-state index in [4.69, 9.17) is 0 Å². The van der Waals surface area contributed by atoms with Gasteiger partial charge in [-0.05, 0) is 25.1 Å². The lowest BCUT2D eigenvalue weighted by Gasteiger charge is -2.23. The lowest BCUT2D eigenvalue weighted by Crippen LogP contribution is -2.35. The number of rotatable bonds is 7. The lowest BCUT2D eigenvalue weighted by molar-refractivity contribution is -0.125.